The maximum atomic E-state index is 5.84. The largest absolute Gasteiger partial charge is 0.490 e. The van der Waals surface area contributed by atoms with Gasteiger partial charge in [0.05, 0.1) is 19.8 Å². The number of likely N-dealkylation sites (N-methyl/N-ethyl adjacent to an activating group) is 1. The minimum absolute atomic E-state index is 0.490. The molecule has 7 nitrogen and oxygen atoms in total. The summed E-state index contributed by atoms with van der Waals surface area (Å²) in [6.07, 6.45) is 7.17. The lowest BCUT2D eigenvalue weighted by molar-refractivity contribution is 0.123. The number of anilines is 1. The van der Waals surface area contributed by atoms with E-state index in [4.69, 9.17) is 19.2 Å². The van der Waals surface area contributed by atoms with Gasteiger partial charge in [-0.25, -0.2) is 0 Å². The highest BCUT2D eigenvalue weighted by atomic mass is 16.5. The van der Waals surface area contributed by atoms with E-state index in [0.29, 0.717) is 19.3 Å². The first-order valence-electron chi connectivity index (χ1n) is 11.9. The molecule has 0 amide bonds. The van der Waals surface area contributed by atoms with Gasteiger partial charge in [0.2, 0.25) is 0 Å². The van der Waals surface area contributed by atoms with Crippen molar-refractivity contribution in [2.24, 2.45) is 16.8 Å². The van der Waals surface area contributed by atoms with E-state index in [9.17, 15) is 0 Å². The first kappa shape index (κ1) is 22.2. The highest BCUT2D eigenvalue weighted by molar-refractivity contribution is 5.94. The Morgan fingerprint density at radius 1 is 1.16 bits per heavy atom. The third-order valence-electron chi connectivity index (χ3n) is 6.08. The number of benzene rings is 1. The second-order valence-corrected chi connectivity index (χ2v) is 9.19. The topological polar surface area (TPSA) is 67.4 Å². The first-order chi connectivity index (χ1) is 15.2. The molecule has 0 aromatic heterocycles. The Labute approximate surface area is 186 Å². The number of nitrogens with one attached hydrogen (secondary N) is 2. The number of aliphatic imine (C=N–C) groups is 1. The predicted octanol–water partition coefficient (Wildman–Crippen LogP) is 3.36. The van der Waals surface area contributed by atoms with Crippen molar-refractivity contribution in [3.8, 4) is 11.5 Å². The van der Waals surface area contributed by atoms with E-state index in [1.54, 1.807) is 0 Å². The van der Waals surface area contributed by atoms with Gasteiger partial charge in [-0.15, -0.1) is 0 Å². The molecule has 0 bridgehead atoms. The predicted molar refractivity (Wildman–Crippen MR) is 124 cm³/mol. The zero-order chi connectivity index (χ0) is 21.5. The number of hydrogen-bond acceptors (Lipinski definition) is 5. The smallest absolute Gasteiger partial charge is 0.195 e. The van der Waals surface area contributed by atoms with Crippen molar-refractivity contribution in [3.63, 3.8) is 0 Å². The summed E-state index contributed by atoms with van der Waals surface area (Å²) >= 11 is 0. The molecule has 3 aliphatic rings. The average Bonchev–Trinajstić information content (AvgIpc) is 3.63. The fourth-order valence-electron chi connectivity index (χ4n) is 3.83. The Balaban J connectivity index is 1.34. The molecule has 31 heavy (non-hydrogen) atoms. The van der Waals surface area contributed by atoms with Crippen LogP contribution < -0.4 is 20.1 Å². The van der Waals surface area contributed by atoms with E-state index in [-0.39, 0.29) is 0 Å². The maximum absolute atomic E-state index is 5.84. The lowest BCUT2D eigenvalue weighted by atomic mass is 10.2. The van der Waals surface area contributed by atoms with Crippen LogP contribution in [-0.4, -0.2) is 70.5 Å². The standard InChI is InChI=1S/C24H38N4O3/c1-28(2)21(19-7-8-19)16-26-24(25-11-3-12-29-17-18-5-6-18)27-20-9-10-22-23(15-20)31-14-4-13-30-22/h9-10,15,18-19,21H,3-8,11-14,16-17H2,1-2H3,(H2,25,26,27). The molecule has 1 unspecified atom stereocenters. The summed E-state index contributed by atoms with van der Waals surface area (Å²) < 4.78 is 17.4. The van der Waals surface area contributed by atoms with Crippen LogP contribution in [0, 0.1) is 11.8 Å². The van der Waals surface area contributed by atoms with Crippen molar-refractivity contribution >= 4 is 11.6 Å². The van der Waals surface area contributed by atoms with Crippen LogP contribution in [-0.2, 0) is 4.74 Å². The van der Waals surface area contributed by atoms with Crippen LogP contribution in [0.1, 0.15) is 38.5 Å². The molecule has 2 N–H and O–H groups in total. The molecule has 1 aliphatic heterocycles. The summed E-state index contributed by atoms with van der Waals surface area (Å²) in [5.74, 6) is 4.00. The van der Waals surface area contributed by atoms with Gasteiger partial charge >= 0.3 is 0 Å². The van der Waals surface area contributed by atoms with Crippen LogP contribution in [0.25, 0.3) is 0 Å². The third-order valence-corrected chi connectivity index (χ3v) is 6.08. The summed E-state index contributed by atoms with van der Waals surface area (Å²) in [5, 5.41) is 6.95. The molecule has 4 rings (SSSR count). The van der Waals surface area contributed by atoms with Gasteiger partial charge in [-0.05, 0) is 70.2 Å². The molecule has 7 heteroatoms. The quantitative estimate of drug-likeness (QED) is 0.319. The fraction of sp³-hybridized carbons (Fsp3) is 0.708. The molecule has 1 heterocycles. The Morgan fingerprint density at radius 2 is 1.97 bits per heavy atom. The fourth-order valence-corrected chi connectivity index (χ4v) is 3.83. The van der Waals surface area contributed by atoms with Gasteiger partial charge in [-0.3, -0.25) is 4.99 Å². The summed E-state index contributed by atoms with van der Waals surface area (Å²) in [6.45, 7) is 4.71. The molecule has 0 radical (unpaired) electrons. The van der Waals surface area contributed by atoms with Crippen LogP contribution in [0.15, 0.2) is 23.2 Å². The summed E-state index contributed by atoms with van der Waals surface area (Å²) in [4.78, 5) is 7.23. The molecule has 2 fully saturated rings. The maximum Gasteiger partial charge on any atom is 0.195 e. The minimum Gasteiger partial charge on any atom is -0.490 e. The number of fused-ring (bicyclic) bond motifs is 1. The highest BCUT2D eigenvalue weighted by Crippen LogP contribution is 2.35. The van der Waals surface area contributed by atoms with E-state index >= 15 is 0 Å². The molecular formula is C24H38N4O3. The van der Waals surface area contributed by atoms with Gasteiger partial charge in [0.15, 0.2) is 17.5 Å². The van der Waals surface area contributed by atoms with Gasteiger partial charge in [-0.1, -0.05) is 0 Å². The molecule has 1 aromatic rings. The number of guanidine groups is 1. The first-order valence-corrected chi connectivity index (χ1v) is 11.9. The van der Waals surface area contributed by atoms with Gasteiger partial charge in [0.1, 0.15) is 0 Å². The second kappa shape index (κ2) is 11.0. The number of rotatable bonds is 11. The minimum atomic E-state index is 0.490. The van der Waals surface area contributed by atoms with Gasteiger partial charge in [0, 0.05) is 44.0 Å². The summed E-state index contributed by atoms with van der Waals surface area (Å²) in [5.41, 5.74) is 0.952. The lowest BCUT2D eigenvalue weighted by Gasteiger charge is -2.23. The van der Waals surface area contributed by atoms with E-state index in [1.165, 1.54) is 25.7 Å². The third kappa shape index (κ3) is 7.28. The van der Waals surface area contributed by atoms with E-state index in [2.05, 4.69) is 29.6 Å². The SMILES string of the molecule is CN(C)C(CN=C(NCCCOCC1CC1)Nc1ccc2c(c1)OCCCO2)C1CC1. The number of hydrogen-bond donors (Lipinski definition) is 2. The molecule has 1 aromatic carbocycles. The molecular weight excluding hydrogens is 392 g/mol. The monoisotopic (exact) mass is 430 g/mol. The zero-order valence-corrected chi connectivity index (χ0v) is 19.1. The summed E-state index contributed by atoms with van der Waals surface area (Å²) in [6, 6.07) is 6.48. The zero-order valence-electron chi connectivity index (χ0n) is 19.1. The van der Waals surface area contributed by atoms with Crippen molar-refractivity contribution in [2.45, 2.75) is 44.6 Å². The average molecular weight is 431 g/mol. The van der Waals surface area contributed by atoms with Crippen molar-refractivity contribution < 1.29 is 14.2 Å². The second-order valence-electron chi connectivity index (χ2n) is 9.19. The summed E-state index contributed by atoms with van der Waals surface area (Å²) in [7, 11) is 4.31. The molecule has 0 saturated heterocycles. The van der Waals surface area contributed by atoms with Crippen LogP contribution >= 0.6 is 0 Å². The van der Waals surface area contributed by atoms with Gasteiger partial charge in [0.25, 0.3) is 0 Å². The molecule has 0 spiro atoms. The highest BCUT2D eigenvalue weighted by Gasteiger charge is 2.32. The van der Waals surface area contributed by atoms with Crippen molar-refractivity contribution in [1.82, 2.24) is 10.2 Å². The van der Waals surface area contributed by atoms with Crippen molar-refractivity contribution in [2.75, 3.05) is 58.9 Å². The van der Waals surface area contributed by atoms with E-state index in [0.717, 1.165) is 74.1 Å². The molecule has 1 atom stereocenters. The van der Waals surface area contributed by atoms with E-state index in [1.807, 2.05) is 18.2 Å². The molecule has 2 saturated carbocycles. The molecule has 172 valence electrons. The Bertz CT molecular complexity index is 730. The van der Waals surface area contributed by atoms with Gasteiger partial charge < -0.3 is 29.7 Å². The van der Waals surface area contributed by atoms with Crippen molar-refractivity contribution in [3.05, 3.63) is 18.2 Å². The normalized spacial score (nSPS) is 19.8. The Kier molecular flexibility index (Phi) is 7.92. The van der Waals surface area contributed by atoms with Crippen LogP contribution in [0.5, 0.6) is 11.5 Å². The Hall–Kier alpha value is -1.99. The number of ether oxygens (including phenoxy) is 3. The van der Waals surface area contributed by atoms with E-state index < -0.39 is 0 Å². The lowest BCUT2D eigenvalue weighted by Crippen LogP contribution is -2.36. The van der Waals surface area contributed by atoms with Crippen LogP contribution in [0.3, 0.4) is 0 Å². The Morgan fingerprint density at radius 3 is 2.71 bits per heavy atom. The van der Waals surface area contributed by atoms with Crippen LogP contribution in [0.2, 0.25) is 0 Å². The van der Waals surface area contributed by atoms with Crippen molar-refractivity contribution in [1.29, 1.82) is 0 Å². The molecule has 2 aliphatic carbocycles. The van der Waals surface area contributed by atoms with Gasteiger partial charge in [-0.2, -0.15) is 0 Å². The number of nitrogens with zero attached hydrogens (tertiary/aromatic N) is 2. The van der Waals surface area contributed by atoms with Crippen LogP contribution in [0.4, 0.5) is 5.69 Å².